The van der Waals surface area contributed by atoms with Gasteiger partial charge in [0, 0.05) is 23.1 Å². The van der Waals surface area contributed by atoms with E-state index in [0.717, 1.165) is 36.1 Å². The van der Waals surface area contributed by atoms with E-state index in [2.05, 4.69) is 22.5 Å². The van der Waals surface area contributed by atoms with Crippen LogP contribution in [0.2, 0.25) is 0 Å². The molecule has 0 fully saturated rings. The van der Waals surface area contributed by atoms with Gasteiger partial charge < -0.3 is 5.32 Å². The Morgan fingerprint density at radius 2 is 2.14 bits per heavy atom. The van der Waals surface area contributed by atoms with Crippen LogP contribution >= 0.6 is 0 Å². The van der Waals surface area contributed by atoms with Crippen LogP contribution in [0.1, 0.15) is 33.1 Å². The van der Waals surface area contributed by atoms with Gasteiger partial charge >= 0.3 is 0 Å². The number of carbonyl (C=O) groups excluding carboxylic acids is 2. The topological polar surface area (TPSA) is 58.5 Å². The van der Waals surface area contributed by atoms with Crippen LogP contribution in [0.4, 0.5) is 0 Å². The van der Waals surface area contributed by atoms with Gasteiger partial charge in [-0.25, -0.2) is 4.99 Å². The van der Waals surface area contributed by atoms with Crippen molar-refractivity contribution in [1.29, 1.82) is 0 Å². The van der Waals surface area contributed by atoms with E-state index in [1.165, 1.54) is 0 Å². The van der Waals surface area contributed by atoms with Gasteiger partial charge in [0.05, 0.1) is 5.71 Å². The highest BCUT2D eigenvalue weighted by molar-refractivity contribution is 6.11. The molecule has 4 heteroatoms. The largest absolute Gasteiger partial charge is 0.325 e. The van der Waals surface area contributed by atoms with Crippen LogP contribution in [0.15, 0.2) is 52.2 Å². The lowest BCUT2D eigenvalue weighted by molar-refractivity contribution is -0.121. The molecule has 1 heterocycles. The van der Waals surface area contributed by atoms with Gasteiger partial charge in [-0.15, -0.1) is 0 Å². The van der Waals surface area contributed by atoms with Crippen LogP contribution in [0.3, 0.4) is 0 Å². The minimum atomic E-state index is -0.0709. The lowest BCUT2D eigenvalue weighted by Crippen LogP contribution is -2.35. The van der Waals surface area contributed by atoms with Crippen molar-refractivity contribution in [3.8, 4) is 0 Å². The summed E-state index contributed by atoms with van der Waals surface area (Å²) in [5.74, 6) is -0.0560. The summed E-state index contributed by atoms with van der Waals surface area (Å²) in [6.45, 7) is 3.80. The van der Waals surface area contributed by atoms with Crippen LogP contribution in [0.25, 0.3) is 0 Å². The highest BCUT2D eigenvalue weighted by atomic mass is 16.2. The Bertz CT molecular complexity index is 677. The zero-order chi connectivity index (χ0) is 15.7. The second-order valence-corrected chi connectivity index (χ2v) is 6.05. The quantitative estimate of drug-likeness (QED) is 0.756. The predicted octanol–water partition coefficient (Wildman–Crippen LogP) is 2.85. The third kappa shape index (κ3) is 2.73. The molecule has 2 atom stereocenters. The maximum atomic E-state index is 12.2. The summed E-state index contributed by atoms with van der Waals surface area (Å²) in [7, 11) is 0. The molecule has 0 spiro atoms. The summed E-state index contributed by atoms with van der Waals surface area (Å²) < 4.78 is 0. The van der Waals surface area contributed by atoms with E-state index < -0.39 is 0 Å². The molecule has 0 radical (unpaired) electrons. The van der Waals surface area contributed by atoms with E-state index in [0.29, 0.717) is 5.71 Å². The summed E-state index contributed by atoms with van der Waals surface area (Å²) in [6, 6.07) is 0. The van der Waals surface area contributed by atoms with Gasteiger partial charge in [-0.1, -0.05) is 23.8 Å². The Hall–Kier alpha value is -2.23. The third-order valence-corrected chi connectivity index (χ3v) is 4.61. The number of carbonyl (C=O) groups is 2. The highest BCUT2D eigenvalue weighted by Crippen LogP contribution is 2.30. The Morgan fingerprint density at radius 3 is 2.86 bits per heavy atom. The van der Waals surface area contributed by atoms with Gasteiger partial charge in [-0.05, 0) is 45.3 Å². The number of aliphatic imine (C=N–C) groups is 1. The summed E-state index contributed by atoms with van der Waals surface area (Å²) in [6.07, 6.45) is 12.4. The number of amides is 2. The molecule has 0 aromatic rings. The average Bonchev–Trinajstić information content (AvgIpc) is 2.53. The van der Waals surface area contributed by atoms with Crippen molar-refractivity contribution in [2.24, 2.45) is 16.8 Å². The number of nitrogens with one attached hydrogen (secondary N) is 1. The first-order valence-corrected chi connectivity index (χ1v) is 7.72. The molecular formula is C18H20N2O2. The molecule has 4 nitrogen and oxygen atoms in total. The van der Waals surface area contributed by atoms with E-state index in [9.17, 15) is 9.59 Å². The van der Waals surface area contributed by atoms with Crippen LogP contribution in [-0.4, -0.2) is 17.5 Å². The smallest absolute Gasteiger partial charge is 0.251 e. The number of allylic oxidation sites excluding steroid dienone is 5. The molecule has 114 valence electrons. The maximum absolute atomic E-state index is 12.2. The fourth-order valence-corrected chi connectivity index (χ4v) is 3.03. The molecule has 2 aliphatic carbocycles. The summed E-state index contributed by atoms with van der Waals surface area (Å²) >= 11 is 0. The molecule has 1 N–H and O–H groups in total. The molecule has 0 saturated carbocycles. The van der Waals surface area contributed by atoms with Crippen molar-refractivity contribution in [3.05, 3.63) is 47.2 Å². The van der Waals surface area contributed by atoms with Crippen LogP contribution < -0.4 is 5.32 Å². The predicted molar refractivity (Wildman–Crippen MR) is 86.2 cm³/mol. The van der Waals surface area contributed by atoms with Crippen molar-refractivity contribution in [2.75, 3.05) is 0 Å². The number of hydrogen-bond donors (Lipinski definition) is 1. The maximum Gasteiger partial charge on any atom is 0.251 e. The summed E-state index contributed by atoms with van der Waals surface area (Å²) in [5.41, 5.74) is 3.25. The van der Waals surface area contributed by atoms with Crippen molar-refractivity contribution < 1.29 is 9.59 Å². The number of nitrogens with zero attached hydrogens (tertiary/aromatic N) is 1. The summed E-state index contributed by atoms with van der Waals surface area (Å²) in [4.78, 5) is 28.3. The molecule has 2 amide bonds. The van der Waals surface area contributed by atoms with Crippen LogP contribution in [0.5, 0.6) is 0 Å². The van der Waals surface area contributed by atoms with E-state index in [-0.39, 0.29) is 23.7 Å². The first kappa shape index (κ1) is 14.7. The minimum absolute atomic E-state index is 0.00755. The number of hydrogen-bond acceptors (Lipinski definition) is 2. The zero-order valence-corrected chi connectivity index (χ0v) is 12.9. The van der Waals surface area contributed by atoms with Gasteiger partial charge in [-0.3, -0.25) is 9.59 Å². The fraction of sp³-hybridized carbons (Fsp3) is 0.389. The average molecular weight is 296 g/mol. The molecule has 0 aromatic heterocycles. The van der Waals surface area contributed by atoms with Gasteiger partial charge in [-0.2, -0.15) is 0 Å². The zero-order valence-electron chi connectivity index (χ0n) is 12.9. The first-order chi connectivity index (χ1) is 10.6. The minimum Gasteiger partial charge on any atom is -0.325 e. The first-order valence-electron chi connectivity index (χ1n) is 7.72. The monoisotopic (exact) mass is 296 g/mol. The van der Waals surface area contributed by atoms with Crippen molar-refractivity contribution >= 4 is 17.5 Å². The van der Waals surface area contributed by atoms with E-state index >= 15 is 0 Å². The molecule has 3 rings (SSSR count). The lowest BCUT2D eigenvalue weighted by Gasteiger charge is -2.28. The Balaban J connectivity index is 1.81. The normalized spacial score (nSPS) is 29.3. The van der Waals surface area contributed by atoms with Crippen molar-refractivity contribution in [3.63, 3.8) is 0 Å². The molecule has 0 saturated heterocycles. The third-order valence-electron chi connectivity index (χ3n) is 4.61. The molecule has 0 bridgehead atoms. The standard InChI is InChI=1S/C18H20N2O2/c1-11-12(2)17(21)20-16-10-14(8-9-15(11)16)19-18(22)13-6-4-3-5-7-13/h3-4,8-10,13,15H,5-7H2,1-2H3,(H,20,21). The van der Waals surface area contributed by atoms with Crippen molar-refractivity contribution in [2.45, 2.75) is 33.1 Å². The lowest BCUT2D eigenvalue weighted by atomic mass is 9.85. The second kappa shape index (κ2) is 5.87. The van der Waals surface area contributed by atoms with Crippen LogP contribution in [-0.2, 0) is 9.59 Å². The molecular weight excluding hydrogens is 276 g/mol. The SMILES string of the molecule is CC1=C(C)C2C=CC(=NC(=O)C3CC=CCC3)C=C2NC1=O. The van der Waals surface area contributed by atoms with Crippen molar-refractivity contribution in [1.82, 2.24) is 5.32 Å². The van der Waals surface area contributed by atoms with Crippen LogP contribution in [0, 0.1) is 11.8 Å². The molecule has 2 unspecified atom stereocenters. The fourth-order valence-electron chi connectivity index (χ4n) is 3.03. The second-order valence-electron chi connectivity index (χ2n) is 6.05. The Labute approximate surface area is 130 Å². The molecule has 22 heavy (non-hydrogen) atoms. The summed E-state index contributed by atoms with van der Waals surface area (Å²) in [5, 5.41) is 2.89. The molecule has 3 aliphatic rings. The highest BCUT2D eigenvalue weighted by Gasteiger charge is 2.28. The number of rotatable bonds is 1. The van der Waals surface area contributed by atoms with E-state index in [4.69, 9.17) is 0 Å². The Morgan fingerprint density at radius 1 is 1.32 bits per heavy atom. The van der Waals surface area contributed by atoms with Gasteiger partial charge in [0.25, 0.3) is 5.91 Å². The van der Waals surface area contributed by atoms with E-state index in [1.54, 1.807) is 0 Å². The molecule has 1 aliphatic heterocycles. The van der Waals surface area contributed by atoms with Gasteiger partial charge in [0.1, 0.15) is 0 Å². The molecule has 0 aromatic carbocycles. The van der Waals surface area contributed by atoms with Gasteiger partial charge in [0.15, 0.2) is 0 Å². The van der Waals surface area contributed by atoms with Gasteiger partial charge in [0.2, 0.25) is 5.91 Å². The van der Waals surface area contributed by atoms with E-state index in [1.807, 2.05) is 32.1 Å². The number of fused-ring (bicyclic) bond motifs is 1. The Kier molecular flexibility index (Phi) is 3.92.